The highest BCUT2D eigenvalue weighted by Crippen LogP contribution is 2.06. The van der Waals surface area contributed by atoms with E-state index in [0.29, 0.717) is 18.5 Å². The van der Waals surface area contributed by atoms with Crippen LogP contribution in [0.4, 0.5) is 0 Å². The van der Waals surface area contributed by atoms with Crippen LogP contribution in [0.3, 0.4) is 0 Å². The lowest BCUT2D eigenvalue weighted by molar-refractivity contribution is 0.209. The zero-order valence-corrected chi connectivity index (χ0v) is 10.6. The largest absolute Gasteiger partial charge is 0.395 e. The standard InChI is InChI=1S/C12H23N3O/c1-9(2)12(8-16)13-7-11-5-6-15(14-11)10(3)4/h5-6,9-10,12-13,16H,7-8H2,1-4H3. The Balaban J connectivity index is 2.47. The van der Waals surface area contributed by atoms with E-state index in [-0.39, 0.29) is 12.6 Å². The number of aliphatic hydroxyl groups excluding tert-OH is 1. The molecule has 1 atom stereocenters. The van der Waals surface area contributed by atoms with Gasteiger partial charge in [-0.2, -0.15) is 5.10 Å². The van der Waals surface area contributed by atoms with Crippen molar-refractivity contribution in [3.63, 3.8) is 0 Å². The fraction of sp³-hybridized carbons (Fsp3) is 0.750. The molecule has 1 rings (SSSR count). The molecule has 0 bridgehead atoms. The Morgan fingerprint density at radius 1 is 1.38 bits per heavy atom. The second kappa shape index (κ2) is 6.01. The van der Waals surface area contributed by atoms with E-state index in [1.54, 1.807) is 0 Å². The van der Waals surface area contributed by atoms with Crippen LogP contribution >= 0.6 is 0 Å². The molecular formula is C12H23N3O. The zero-order valence-electron chi connectivity index (χ0n) is 10.6. The van der Waals surface area contributed by atoms with Gasteiger partial charge in [-0.1, -0.05) is 13.8 Å². The van der Waals surface area contributed by atoms with Crippen molar-refractivity contribution in [2.45, 2.75) is 46.3 Å². The van der Waals surface area contributed by atoms with Gasteiger partial charge in [-0.05, 0) is 25.8 Å². The smallest absolute Gasteiger partial charge is 0.0762 e. The SMILES string of the molecule is CC(C)C(CO)NCc1ccn(C(C)C)n1. The molecule has 0 aliphatic rings. The van der Waals surface area contributed by atoms with Crippen LogP contribution in [0.1, 0.15) is 39.4 Å². The first-order chi connectivity index (χ1) is 7.54. The highest BCUT2D eigenvalue weighted by atomic mass is 16.3. The van der Waals surface area contributed by atoms with Crippen LogP contribution in [-0.4, -0.2) is 27.5 Å². The van der Waals surface area contributed by atoms with Crippen LogP contribution in [-0.2, 0) is 6.54 Å². The molecule has 0 saturated carbocycles. The van der Waals surface area contributed by atoms with E-state index in [9.17, 15) is 5.11 Å². The summed E-state index contributed by atoms with van der Waals surface area (Å²) in [6.07, 6.45) is 1.99. The maximum Gasteiger partial charge on any atom is 0.0762 e. The van der Waals surface area contributed by atoms with E-state index in [2.05, 4.69) is 38.1 Å². The maximum absolute atomic E-state index is 9.18. The van der Waals surface area contributed by atoms with E-state index >= 15 is 0 Å². The molecule has 1 aromatic heterocycles. The molecule has 1 aromatic rings. The Morgan fingerprint density at radius 2 is 2.06 bits per heavy atom. The minimum Gasteiger partial charge on any atom is -0.395 e. The first-order valence-corrected chi connectivity index (χ1v) is 5.93. The van der Waals surface area contributed by atoms with Crippen molar-refractivity contribution < 1.29 is 5.11 Å². The van der Waals surface area contributed by atoms with Gasteiger partial charge in [0.1, 0.15) is 0 Å². The van der Waals surface area contributed by atoms with E-state index < -0.39 is 0 Å². The van der Waals surface area contributed by atoms with E-state index in [0.717, 1.165) is 5.69 Å². The molecule has 0 radical (unpaired) electrons. The molecule has 1 heterocycles. The van der Waals surface area contributed by atoms with Crippen LogP contribution in [0.25, 0.3) is 0 Å². The molecule has 0 fully saturated rings. The minimum atomic E-state index is 0.143. The molecular weight excluding hydrogens is 202 g/mol. The molecule has 1 unspecified atom stereocenters. The third-order valence-electron chi connectivity index (χ3n) is 2.74. The molecule has 4 nitrogen and oxygen atoms in total. The van der Waals surface area contributed by atoms with Gasteiger partial charge < -0.3 is 10.4 Å². The third kappa shape index (κ3) is 3.61. The summed E-state index contributed by atoms with van der Waals surface area (Å²) in [5.41, 5.74) is 1.02. The predicted molar refractivity (Wildman–Crippen MR) is 65.2 cm³/mol. The molecule has 4 heteroatoms. The molecule has 0 aliphatic heterocycles. The Morgan fingerprint density at radius 3 is 2.50 bits per heavy atom. The van der Waals surface area contributed by atoms with E-state index in [1.807, 2.05) is 16.9 Å². The van der Waals surface area contributed by atoms with Gasteiger partial charge in [0, 0.05) is 24.8 Å². The van der Waals surface area contributed by atoms with Crippen molar-refractivity contribution in [1.82, 2.24) is 15.1 Å². The van der Waals surface area contributed by atoms with Crippen LogP contribution in [0.2, 0.25) is 0 Å². The van der Waals surface area contributed by atoms with Crippen LogP contribution in [0.15, 0.2) is 12.3 Å². The Labute approximate surface area is 97.7 Å². The molecule has 92 valence electrons. The highest BCUT2D eigenvalue weighted by Gasteiger charge is 2.11. The number of aromatic nitrogens is 2. The van der Waals surface area contributed by atoms with Crippen LogP contribution < -0.4 is 5.32 Å². The fourth-order valence-corrected chi connectivity index (χ4v) is 1.51. The topological polar surface area (TPSA) is 50.1 Å². The summed E-state index contributed by atoms with van der Waals surface area (Å²) in [4.78, 5) is 0. The molecule has 16 heavy (non-hydrogen) atoms. The highest BCUT2D eigenvalue weighted by molar-refractivity contribution is 4.99. The van der Waals surface area contributed by atoms with Gasteiger partial charge in [-0.25, -0.2) is 0 Å². The van der Waals surface area contributed by atoms with Crippen molar-refractivity contribution >= 4 is 0 Å². The van der Waals surface area contributed by atoms with Crippen molar-refractivity contribution in [2.75, 3.05) is 6.61 Å². The minimum absolute atomic E-state index is 0.143. The van der Waals surface area contributed by atoms with Gasteiger partial charge in [-0.3, -0.25) is 4.68 Å². The lowest BCUT2D eigenvalue weighted by Gasteiger charge is -2.19. The molecule has 0 spiro atoms. The number of hydrogen-bond acceptors (Lipinski definition) is 3. The molecule has 0 aliphatic carbocycles. The van der Waals surface area contributed by atoms with E-state index in [1.165, 1.54) is 0 Å². The third-order valence-corrected chi connectivity index (χ3v) is 2.74. The average Bonchev–Trinajstić information content (AvgIpc) is 2.67. The number of aliphatic hydroxyl groups is 1. The Bertz CT molecular complexity index is 307. The summed E-state index contributed by atoms with van der Waals surface area (Å²) in [6, 6.07) is 2.55. The number of nitrogens with zero attached hydrogens (tertiary/aromatic N) is 2. The summed E-state index contributed by atoms with van der Waals surface area (Å²) in [5, 5.41) is 16.9. The molecule has 0 amide bonds. The fourth-order valence-electron chi connectivity index (χ4n) is 1.51. The number of hydrogen-bond donors (Lipinski definition) is 2. The summed E-state index contributed by atoms with van der Waals surface area (Å²) in [5.74, 6) is 0.428. The first kappa shape index (κ1) is 13.2. The monoisotopic (exact) mass is 225 g/mol. The molecule has 2 N–H and O–H groups in total. The maximum atomic E-state index is 9.18. The van der Waals surface area contributed by atoms with Gasteiger partial charge >= 0.3 is 0 Å². The van der Waals surface area contributed by atoms with Crippen molar-refractivity contribution in [2.24, 2.45) is 5.92 Å². The van der Waals surface area contributed by atoms with Gasteiger partial charge in [0.05, 0.1) is 12.3 Å². The molecule has 0 aromatic carbocycles. The second-order valence-corrected chi connectivity index (χ2v) is 4.79. The molecule has 0 saturated heterocycles. The lowest BCUT2D eigenvalue weighted by Crippen LogP contribution is -2.36. The second-order valence-electron chi connectivity index (χ2n) is 4.79. The van der Waals surface area contributed by atoms with Gasteiger partial charge in [0.15, 0.2) is 0 Å². The van der Waals surface area contributed by atoms with Gasteiger partial charge in [0.2, 0.25) is 0 Å². The number of nitrogens with one attached hydrogen (secondary N) is 1. The quantitative estimate of drug-likeness (QED) is 0.772. The summed E-state index contributed by atoms with van der Waals surface area (Å²) < 4.78 is 1.94. The van der Waals surface area contributed by atoms with Crippen molar-refractivity contribution in [3.8, 4) is 0 Å². The van der Waals surface area contributed by atoms with Crippen molar-refractivity contribution in [1.29, 1.82) is 0 Å². The first-order valence-electron chi connectivity index (χ1n) is 5.93. The van der Waals surface area contributed by atoms with Crippen LogP contribution in [0, 0.1) is 5.92 Å². The lowest BCUT2D eigenvalue weighted by atomic mass is 10.1. The predicted octanol–water partition coefficient (Wildman–Crippen LogP) is 1.57. The zero-order chi connectivity index (χ0) is 12.1. The Kier molecular flexibility index (Phi) is 4.96. The van der Waals surface area contributed by atoms with Crippen LogP contribution in [0.5, 0.6) is 0 Å². The van der Waals surface area contributed by atoms with Gasteiger partial charge in [0.25, 0.3) is 0 Å². The number of rotatable bonds is 6. The normalized spacial score (nSPS) is 13.7. The van der Waals surface area contributed by atoms with Gasteiger partial charge in [-0.15, -0.1) is 0 Å². The summed E-state index contributed by atoms with van der Waals surface area (Å²) >= 11 is 0. The van der Waals surface area contributed by atoms with E-state index in [4.69, 9.17) is 0 Å². The summed E-state index contributed by atoms with van der Waals surface area (Å²) in [7, 11) is 0. The van der Waals surface area contributed by atoms with Crippen molar-refractivity contribution in [3.05, 3.63) is 18.0 Å². The Hall–Kier alpha value is -0.870. The average molecular weight is 225 g/mol. The summed E-state index contributed by atoms with van der Waals surface area (Å²) in [6.45, 7) is 9.29.